The number of unbranched alkanes of at least 4 members (excludes halogenated alkanes) is 11. The van der Waals surface area contributed by atoms with Crippen LogP contribution in [0.5, 0.6) is 0 Å². The molecular weight excluding hydrogens is 250 g/mol. The molecule has 0 radical (unpaired) electrons. The Kier molecular flexibility index (Phi) is 15.2. The molecule has 122 valence electrons. The van der Waals surface area contributed by atoms with Crippen molar-refractivity contribution in [2.75, 3.05) is 7.11 Å². The number of methoxy groups -OCH3 is 1. The van der Waals surface area contributed by atoms with E-state index in [-0.39, 0.29) is 6.10 Å². The molecule has 0 aliphatic rings. The van der Waals surface area contributed by atoms with Gasteiger partial charge < -0.3 is 15.6 Å². The van der Waals surface area contributed by atoms with Crippen molar-refractivity contribution in [3.8, 4) is 0 Å². The second kappa shape index (κ2) is 15.3. The summed E-state index contributed by atoms with van der Waals surface area (Å²) in [5.74, 6) is 0. The minimum absolute atomic E-state index is 0.196. The Bertz CT molecular complexity index is 186. The van der Waals surface area contributed by atoms with Gasteiger partial charge in [0.2, 0.25) is 0 Å². The van der Waals surface area contributed by atoms with Crippen molar-refractivity contribution >= 4 is 0 Å². The van der Waals surface area contributed by atoms with Crippen molar-refractivity contribution in [2.45, 2.75) is 103 Å². The molecule has 0 saturated heterocycles. The smallest absolute Gasteiger partial charge is 0.128 e. The molecule has 3 N–H and O–H groups in total. The minimum Gasteiger partial charge on any atom is -0.377 e. The van der Waals surface area contributed by atoms with E-state index < -0.39 is 6.23 Å². The number of aliphatic hydroxyl groups excluding tert-OH is 1. The number of nitrogens with two attached hydrogens (primary N) is 1. The van der Waals surface area contributed by atoms with Crippen LogP contribution in [0.3, 0.4) is 0 Å². The lowest BCUT2D eigenvalue weighted by Crippen LogP contribution is -2.35. The average Bonchev–Trinajstić information content (AvgIpc) is 2.43. The van der Waals surface area contributed by atoms with E-state index in [0.29, 0.717) is 0 Å². The van der Waals surface area contributed by atoms with Crippen molar-refractivity contribution in [1.82, 2.24) is 0 Å². The molecule has 0 bridgehead atoms. The van der Waals surface area contributed by atoms with Crippen molar-refractivity contribution in [2.24, 2.45) is 5.73 Å². The summed E-state index contributed by atoms with van der Waals surface area (Å²) in [5.41, 5.74) is 5.42. The van der Waals surface area contributed by atoms with Gasteiger partial charge in [-0.15, -0.1) is 0 Å². The summed E-state index contributed by atoms with van der Waals surface area (Å²) >= 11 is 0. The standard InChI is InChI=1S/C17H37NO2/c1-3-4-5-6-7-8-9-10-11-12-13-14-15-16(20-2)17(18)19/h16-17,19H,3-15,18H2,1-2H3. The summed E-state index contributed by atoms with van der Waals surface area (Å²) in [5, 5.41) is 9.24. The number of rotatable bonds is 15. The van der Waals surface area contributed by atoms with Gasteiger partial charge in [-0.05, 0) is 6.42 Å². The number of hydrogen-bond acceptors (Lipinski definition) is 3. The predicted molar refractivity (Wildman–Crippen MR) is 86.7 cm³/mol. The first-order valence-corrected chi connectivity index (χ1v) is 8.68. The molecule has 2 atom stereocenters. The fourth-order valence-corrected chi connectivity index (χ4v) is 2.61. The molecule has 0 rings (SSSR count). The van der Waals surface area contributed by atoms with Crippen LogP contribution in [0.25, 0.3) is 0 Å². The zero-order valence-corrected chi connectivity index (χ0v) is 13.8. The number of aliphatic hydroxyl groups is 1. The van der Waals surface area contributed by atoms with Gasteiger partial charge in [-0.3, -0.25) is 0 Å². The van der Waals surface area contributed by atoms with E-state index in [9.17, 15) is 5.11 Å². The Hall–Kier alpha value is -0.120. The Labute approximate surface area is 126 Å². The molecule has 0 fully saturated rings. The van der Waals surface area contributed by atoms with Crippen LogP contribution in [0.2, 0.25) is 0 Å². The third-order valence-electron chi connectivity index (χ3n) is 4.03. The first-order chi connectivity index (χ1) is 9.72. The van der Waals surface area contributed by atoms with E-state index in [1.54, 1.807) is 7.11 Å². The van der Waals surface area contributed by atoms with Crippen molar-refractivity contribution < 1.29 is 9.84 Å². The zero-order valence-electron chi connectivity index (χ0n) is 13.8. The maximum absolute atomic E-state index is 9.24. The van der Waals surface area contributed by atoms with Crippen LogP contribution in [-0.4, -0.2) is 24.5 Å². The summed E-state index contributed by atoms with van der Waals surface area (Å²) in [4.78, 5) is 0. The van der Waals surface area contributed by atoms with Crippen LogP contribution < -0.4 is 5.73 Å². The highest BCUT2D eigenvalue weighted by atomic mass is 16.5. The van der Waals surface area contributed by atoms with Gasteiger partial charge in [0.15, 0.2) is 0 Å². The molecule has 2 unspecified atom stereocenters. The van der Waals surface area contributed by atoms with E-state index in [1.807, 2.05) is 0 Å². The topological polar surface area (TPSA) is 55.5 Å². The molecule has 0 saturated carbocycles. The second-order valence-corrected chi connectivity index (χ2v) is 5.94. The third-order valence-corrected chi connectivity index (χ3v) is 4.03. The molecule has 0 aromatic heterocycles. The van der Waals surface area contributed by atoms with E-state index in [1.165, 1.54) is 70.6 Å². The van der Waals surface area contributed by atoms with Crippen LogP contribution >= 0.6 is 0 Å². The van der Waals surface area contributed by atoms with E-state index in [2.05, 4.69) is 6.92 Å². The highest BCUT2D eigenvalue weighted by Gasteiger charge is 2.12. The van der Waals surface area contributed by atoms with E-state index >= 15 is 0 Å². The first kappa shape index (κ1) is 19.9. The quantitative estimate of drug-likeness (QED) is 0.347. The first-order valence-electron chi connectivity index (χ1n) is 8.68. The van der Waals surface area contributed by atoms with E-state index in [4.69, 9.17) is 10.5 Å². The summed E-state index contributed by atoms with van der Waals surface area (Å²) in [6.45, 7) is 2.27. The maximum atomic E-state index is 9.24. The summed E-state index contributed by atoms with van der Waals surface area (Å²) < 4.78 is 5.14. The van der Waals surface area contributed by atoms with Crippen molar-refractivity contribution in [1.29, 1.82) is 0 Å². The lowest BCUT2D eigenvalue weighted by molar-refractivity contribution is -0.0140. The normalized spacial score (nSPS) is 14.4. The minimum atomic E-state index is -0.840. The van der Waals surface area contributed by atoms with Gasteiger partial charge in [-0.1, -0.05) is 84.0 Å². The number of ether oxygens (including phenoxy) is 1. The lowest BCUT2D eigenvalue weighted by atomic mass is 10.0. The summed E-state index contributed by atoms with van der Waals surface area (Å²) in [6, 6.07) is 0. The molecule has 3 nitrogen and oxygen atoms in total. The number of hydrogen-bond donors (Lipinski definition) is 2. The Morgan fingerprint density at radius 2 is 1.20 bits per heavy atom. The lowest BCUT2D eigenvalue weighted by Gasteiger charge is -2.17. The van der Waals surface area contributed by atoms with Crippen LogP contribution in [0.1, 0.15) is 90.4 Å². The molecule has 20 heavy (non-hydrogen) atoms. The Balaban J connectivity index is 3.13. The average molecular weight is 287 g/mol. The van der Waals surface area contributed by atoms with Gasteiger partial charge in [0.05, 0.1) is 6.10 Å². The highest BCUT2D eigenvalue weighted by molar-refractivity contribution is 4.62. The fraction of sp³-hybridized carbons (Fsp3) is 1.00. The second-order valence-electron chi connectivity index (χ2n) is 5.94. The van der Waals surface area contributed by atoms with Gasteiger partial charge in [-0.2, -0.15) is 0 Å². The molecule has 0 heterocycles. The van der Waals surface area contributed by atoms with Gasteiger partial charge in [0.25, 0.3) is 0 Å². The summed E-state index contributed by atoms with van der Waals surface area (Å²) in [7, 11) is 1.61. The highest BCUT2D eigenvalue weighted by Crippen LogP contribution is 2.13. The molecule has 0 aliphatic carbocycles. The monoisotopic (exact) mass is 287 g/mol. The molecule has 0 aromatic rings. The SMILES string of the molecule is CCCCCCCCCCCCCCC(OC)C(N)O. The summed E-state index contributed by atoms with van der Waals surface area (Å²) in [6.07, 6.45) is 16.0. The molecular formula is C17H37NO2. The van der Waals surface area contributed by atoms with Gasteiger partial charge in [-0.25, -0.2) is 0 Å². The van der Waals surface area contributed by atoms with E-state index in [0.717, 1.165) is 12.8 Å². The van der Waals surface area contributed by atoms with Crippen LogP contribution in [0.15, 0.2) is 0 Å². The molecule has 0 amide bonds. The van der Waals surface area contributed by atoms with Crippen LogP contribution in [0, 0.1) is 0 Å². The molecule has 0 spiro atoms. The fourth-order valence-electron chi connectivity index (χ4n) is 2.61. The maximum Gasteiger partial charge on any atom is 0.128 e. The molecule has 0 aliphatic heterocycles. The van der Waals surface area contributed by atoms with Crippen LogP contribution in [-0.2, 0) is 4.74 Å². The van der Waals surface area contributed by atoms with Gasteiger partial charge >= 0.3 is 0 Å². The predicted octanol–water partition coefficient (Wildman–Crippen LogP) is 4.37. The van der Waals surface area contributed by atoms with Crippen molar-refractivity contribution in [3.63, 3.8) is 0 Å². The largest absolute Gasteiger partial charge is 0.377 e. The Morgan fingerprint density at radius 3 is 1.55 bits per heavy atom. The Morgan fingerprint density at radius 1 is 0.800 bits per heavy atom. The molecule has 3 heteroatoms. The van der Waals surface area contributed by atoms with Crippen LogP contribution in [0.4, 0.5) is 0 Å². The van der Waals surface area contributed by atoms with Gasteiger partial charge in [0, 0.05) is 7.11 Å². The zero-order chi connectivity index (χ0) is 15.1. The van der Waals surface area contributed by atoms with Crippen molar-refractivity contribution in [3.05, 3.63) is 0 Å². The van der Waals surface area contributed by atoms with Gasteiger partial charge in [0.1, 0.15) is 6.23 Å². The molecule has 0 aromatic carbocycles. The third kappa shape index (κ3) is 12.9.